The van der Waals surface area contributed by atoms with Crippen LogP contribution < -0.4 is 5.73 Å². The van der Waals surface area contributed by atoms with Gasteiger partial charge in [0.1, 0.15) is 6.17 Å². The lowest BCUT2D eigenvalue weighted by Crippen LogP contribution is -2.56. The highest BCUT2D eigenvalue weighted by Crippen LogP contribution is 2.35. The number of ether oxygens (including phenoxy) is 1. The van der Waals surface area contributed by atoms with E-state index >= 15 is 0 Å². The van der Waals surface area contributed by atoms with Gasteiger partial charge in [0.05, 0.1) is 18.2 Å². The highest BCUT2D eigenvalue weighted by atomic mass is 19.3. The van der Waals surface area contributed by atoms with Crippen LogP contribution in [-0.2, 0) is 4.74 Å². The summed E-state index contributed by atoms with van der Waals surface area (Å²) in [6.07, 6.45) is -1.25. The van der Waals surface area contributed by atoms with Crippen molar-refractivity contribution in [3.8, 4) is 0 Å². The minimum atomic E-state index is -2.90. The van der Waals surface area contributed by atoms with Crippen LogP contribution in [0.4, 0.5) is 13.2 Å². The number of hydrogen-bond donors (Lipinski definition) is 1. The number of nitrogens with zero attached hydrogens (tertiary/aromatic N) is 1. The number of rotatable bonds is 3. The van der Waals surface area contributed by atoms with Crippen LogP contribution in [0.25, 0.3) is 0 Å². The third kappa shape index (κ3) is 3.46. The number of alkyl halides is 3. The summed E-state index contributed by atoms with van der Waals surface area (Å²) in [7, 11) is 0. The van der Waals surface area contributed by atoms with E-state index in [1.807, 2.05) is 18.7 Å². The van der Waals surface area contributed by atoms with Crippen LogP contribution in [0.5, 0.6) is 0 Å². The monoisotopic (exact) mass is 294 g/mol. The SMILES string of the molecule is CC(C)N1CC[C@H](O[C@H]2CCCC(F)(F)[C@@H]2N)[C@H](F)C1. The van der Waals surface area contributed by atoms with Crippen molar-refractivity contribution in [2.45, 2.75) is 75.9 Å². The number of hydrogen-bond acceptors (Lipinski definition) is 3. The zero-order valence-corrected chi connectivity index (χ0v) is 12.2. The second-order valence-electron chi connectivity index (χ2n) is 6.29. The Bertz CT molecular complexity index is 328. The molecule has 2 fully saturated rings. The largest absolute Gasteiger partial charge is 0.370 e. The van der Waals surface area contributed by atoms with Gasteiger partial charge in [-0.25, -0.2) is 13.2 Å². The molecule has 0 unspecified atom stereocenters. The molecule has 4 atom stereocenters. The van der Waals surface area contributed by atoms with E-state index in [9.17, 15) is 13.2 Å². The van der Waals surface area contributed by atoms with Crippen molar-refractivity contribution in [3.63, 3.8) is 0 Å². The van der Waals surface area contributed by atoms with Crippen LogP contribution in [0.1, 0.15) is 39.5 Å². The van der Waals surface area contributed by atoms with Crippen molar-refractivity contribution >= 4 is 0 Å². The summed E-state index contributed by atoms with van der Waals surface area (Å²) >= 11 is 0. The Morgan fingerprint density at radius 3 is 2.55 bits per heavy atom. The summed E-state index contributed by atoms with van der Waals surface area (Å²) < 4.78 is 46.9. The van der Waals surface area contributed by atoms with E-state index in [0.717, 1.165) is 6.54 Å². The number of halogens is 3. The van der Waals surface area contributed by atoms with Crippen molar-refractivity contribution in [1.29, 1.82) is 0 Å². The van der Waals surface area contributed by atoms with E-state index in [1.165, 1.54) is 0 Å². The number of likely N-dealkylation sites (tertiary alicyclic amines) is 1. The summed E-state index contributed by atoms with van der Waals surface area (Å²) in [5.74, 6) is -2.90. The van der Waals surface area contributed by atoms with Crippen LogP contribution in [0.2, 0.25) is 0 Å². The first kappa shape index (κ1) is 16.0. The zero-order valence-electron chi connectivity index (χ0n) is 12.2. The van der Waals surface area contributed by atoms with Gasteiger partial charge in [0.2, 0.25) is 0 Å². The van der Waals surface area contributed by atoms with Crippen molar-refractivity contribution in [2.24, 2.45) is 5.73 Å². The van der Waals surface area contributed by atoms with E-state index in [2.05, 4.69) is 0 Å². The van der Waals surface area contributed by atoms with E-state index in [0.29, 0.717) is 25.8 Å². The van der Waals surface area contributed by atoms with Gasteiger partial charge >= 0.3 is 0 Å². The van der Waals surface area contributed by atoms with Gasteiger partial charge < -0.3 is 10.5 Å². The highest BCUT2D eigenvalue weighted by molar-refractivity contribution is 4.93. The predicted octanol–water partition coefficient (Wildman–Crippen LogP) is 2.34. The minimum Gasteiger partial charge on any atom is -0.370 e. The van der Waals surface area contributed by atoms with Gasteiger partial charge in [0.25, 0.3) is 5.92 Å². The van der Waals surface area contributed by atoms with Crippen molar-refractivity contribution in [2.75, 3.05) is 13.1 Å². The Kier molecular flexibility index (Phi) is 4.97. The average molecular weight is 294 g/mol. The van der Waals surface area contributed by atoms with Crippen molar-refractivity contribution in [1.82, 2.24) is 4.90 Å². The maximum atomic E-state index is 14.1. The lowest BCUT2D eigenvalue weighted by molar-refractivity contribution is -0.154. The predicted molar refractivity (Wildman–Crippen MR) is 71.7 cm³/mol. The Balaban J connectivity index is 1.90. The molecule has 118 valence electrons. The third-order valence-corrected chi connectivity index (χ3v) is 4.48. The standard InChI is InChI=1S/C14H25F3N2O/c1-9(2)19-7-5-11(10(15)8-19)20-12-4-3-6-14(16,17)13(12)18/h9-13H,3-8,18H2,1-2H3/t10-,11+,12+,13-/m1/s1. The van der Waals surface area contributed by atoms with E-state index in [1.54, 1.807) is 0 Å². The molecule has 2 N–H and O–H groups in total. The fraction of sp³-hybridized carbons (Fsp3) is 1.00. The van der Waals surface area contributed by atoms with E-state index < -0.39 is 30.3 Å². The fourth-order valence-electron chi connectivity index (χ4n) is 3.06. The van der Waals surface area contributed by atoms with Crippen molar-refractivity contribution < 1.29 is 17.9 Å². The van der Waals surface area contributed by atoms with Gasteiger partial charge in [-0.3, -0.25) is 4.90 Å². The average Bonchev–Trinajstić information content (AvgIpc) is 2.37. The van der Waals surface area contributed by atoms with Gasteiger partial charge in [0, 0.05) is 25.6 Å². The molecule has 2 aliphatic rings. The first-order valence-electron chi connectivity index (χ1n) is 7.48. The maximum Gasteiger partial charge on any atom is 0.265 e. The molecule has 0 aromatic rings. The molecule has 1 aliphatic heterocycles. The molecule has 3 nitrogen and oxygen atoms in total. The van der Waals surface area contributed by atoms with Gasteiger partial charge in [-0.05, 0) is 33.1 Å². The molecule has 1 heterocycles. The highest BCUT2D eigenvalue weighted by Gasteiger charge is 2.46. The second kappa shape index (κ2) is 6.20. The molecule has 0 amide bonds. The Labute approximate surface area is 118 Å². The molecule has 6 heteroatoms. The van der Waals surface area contributed by atoms with Gasteiger partial charge in [0.15, 0.2) is 0 Å². The van der Waals surface area contributed by atoms with Gasteiger partial charge in [-0.2, -0.15) is 0 Å². The quantitative estimate of drug-likeness (QED) is 0.868. The van der Waals surface area contributed by atoms with Gasteiger partial charge in [-0.1, -0.05) is 0 Å². The summed E-state index contributed by atoms with van der Waals surface area (Å²) in [6, 6.07) is -1.03. The molecule has 2 rings (SSSR count). The van der Waals surface area contributed by atoms with Crippen LogP contribution in [-0.4, -0.2) is 54.4 Å². The molecular formula is C14H25F3N2O. The normalized spacial score (nSPS) is 39.1. The maximum absolute atomic E-state index is 14.1. The Morgan fingerprint density at radius 2 is 1.95 bits per heavy atom. The molecule has 1 aliphatic carbocycles. The fourth-order valence-corrected chi connectivity index (χ4v) is 3.06. The Morgan fingerprint density at radius 1 is 1.25 bits per heavy atom. The lowest BCUT2D eigenvalue weighted by Gasteiger charge is -2.41. The van der Waals surface area contributed by atoms with E-state index in [-0.39, 0.29) is 12.5 Å². The van der Waals surface area contributed by atoms with E-state index in [4.69, 9.17) is 10.5 Å². The molecule has 0 radical (unpaired) electrons. The first-order valence-corrected chi connectivity index (χ1v) is 7.48. The minimum absolute atomic E-state index is 0.196. The summed E-state index contributed by atoms with van der Waals surface area (Å²) in [5, 5.41) is 0. The number of piperidine rings is 1. The zero-order chi connectivity index (χ0) is 14.9. The third-order valence-electron chi connectivity index (χ3n) is 4.48. The molecular weight excluding hydrogens is 269 g/mol. The number of nitrogens with two attached hydrogens (primary N) is 1. The van der Waals surface area contributed by atoms with Crippen LogP contribution in [0.15, 0.2) is 0 Å². The molecule has 0 aromatic heterocycles. The second-order valence-corrected chi connectivity index (χ2v) is 6.29. The molecule has 0 bridgehead atoms. The summed E-state index contributed by atoms with van der Waals surface area (Å²) in [6.45, 7) is 5.08. The first-order chi connectivity index (χ1) is 9.31. The van der Waals surface area contributed by atoms with Crippen LogP contribution in [0, 0.1) is 0 Å². The molecule has 1 saturated carbocycles. The smallest absolute Gasteiger partial charge is 0.265 e. The molecule has 1 saturated heterocycles. The topological polar surface area (TPSA) is 38.5 Å². The summed E-state index contributed by atoms with van der Waals surface area (Å²) in [5.41, 5.74) is 5.59. The van der Waals surface area contributed by atoms with Gasteiger partial charge in [-0.15, -0.1) is 0 Å². The van der Waals surface area contributed by atoms with Crippen LogP contribution >= 0.6 is 0 Å². The van der Waals surface area contributed by atoms with Crippen LogP contribution in [0.3, 0.4) is 0 Å². The molecule has 0 aromatic carbocycles. The Hall–Kier alpha value is -0.330. The molecule has 0 spiro atoms. The van der Waals surface area contributed by atoms with Crippen molar-refractivity contribution in [3.05, 3.63) is 0 Å². The molecule has 20 heavy (non-hydrogen) atoms. The summed E-state index contributed by atoms with van der Waals surface area (Å²) in [4.78, 5) is 2.04. The lowest BCUT2D eigenvalue weighted by atomic mass is 9.89.